The number of primary amides is 1. The number of hydrogen-bond acceptors (Lipinski definition) is 4. The lowest BCUT2D eigenvalue weighted by Crippen LogP contribution is -2.56. The number of anilines is 2. The quantitative estimate of drug-likeness (QED) is 0.756. The van der Waals surface area contributed by atoms with Crippen molar-refractivity contribution < 1.29 is 9.53 Å². The first kappa shape index (κ1) is 17.8. The lowest BCUT2D eigenvalue weighted by Gasteiger charge is -2.44. The number of hydrogen-bond donors (Lipinski definition) is 3. The van der Waals surface area contributed by atoms with Crippen molar-refractivity contribution in [3.8, 4) is 0 Å². The van der Waals surface area contributed by atoms with Crippen molar-refractivity contribution in [2.45, 2.75) is 24.9 Å². The lowest BCUT2D eigenvalue weighted by atomic mass is 9.85. The van der Waals surface area contributed by atoms with E-state index in [0.717, 1.165) is 29.9 Å². The van der Waals surface area contributed by atoms with Gasteiger partial charge in [0.05, 0.1) is 29.0 Å². The number of rotatable bonds is 3. The van der Waals surface area contributed by atoms with Crippen LogP contribution >= 0.6 is 11.6 Å². The lowest BCUT2D eigenvalue weighted by molar-refractivity contribution is 0.0778. The van der Waals surface area contributed by atoms with Crippen LogP contribution in [0.4, 0.5) is 11.4 Å². The molecule has 4 N–H and O–H groups in total. The molecule has 1 fully saturated rings. The normalized spacial score (nSPS) is 19.2. The molecule has 0 atom stereocenters. The number of fused-ring (bicyclic) bond motifs is 1. The third kappa shape index (κ3) is 3.50. The third-order valence-corrected chi connectivity index (χ3v) is 5.29. The Kier molecular flexibility index (Phi) is 4.76. The molecule has 2 heterocycles. The highest BCUT2D eigenvalue weighted by atomic mass is 35.5. The maximum absolute atomic E-state index is 11.8. The van der Waals surface area contributed by atoms with Crippen LogP contribution in [0.1, 0.15) is 28.8 Å². The topological polar surface area (TPSA) is 88.7 Å². The second-order valence-corrected chi connectivity index (χ2v) is 7.27. The van der Waals surface area contributed by atoms with Crippen LogP contribution in [0.2, 0.25) is 5.02 Å². The number of benzene rings is 2. The Hall–Kier alpha value is -2.57. The Morgan fingerprint density at radius 3 is 2.74 bits per heavy atom. The van der Waals surface area contributed by atoms with Gasteiger partial charge in [0.15, 0.2) is 0 Å². The number of nitrogens with one attached hydrogen (secondary N) is 2. The van der Waals surface area contributed by atoms with E-state index in [-0.39, 0.29) is 5.54 Å². The molecule has 1 spiro atoms. The fourth-order valence-electron chi connectivity index (χ4n) is 3.63. The summed E-state index contributed by atoms with van der Waals surface area (Å²) >= 11 is 6.09. The molecular weight excluding hydrogens is 364 g/mol. The number of carbonyl (C=O) groups excluding carboxylic acids is 1. The largest absolute Gasteiger partial charge is 0.381 e. The van der Waals surface area contributed by atoms with Gasteiger partial charge in [0, 0.05) is 31.1 Å². The van der Waals surface area contributed by atoms with Crippen molar-refractivity contribution in [1.82, 2.24) is 0 Å². The number of amides is 1. The van der Waals surface area contributed by atoms with Crippen LogP contribution in [0.5, 0.6) is 0 Å². The first-order valence-corrected chi connectivity index (χ1v) is 9.30. The summed E-state index contributed by atoms with van der Waals surface area (Å²) in [5.74, 6) is 0.324. The van der Waals surface area contributed by atoms with E-state index in [4.69, 9.17) is 27.1 Å². The van der Waals surface area contributed by atoms with Crippen molar-refractivity contribution in [2.24, 2.45) is 10.7 Å². The first-order valence-electron chi connectivity index (χ1n) is 8.93. The zero-order chi connectivity index (χ0) is 18.9. The van der Waals surface area contributed by atoms with Crippen molar-refractivity contribution in [1.29, 1.82) is 0 Å². The fourth-order valence-corrected chi connectivity index (χ4v) is 3.84. The summed E-state index contributed by atoms with van der Waals surface area (Å²) in [6.45, 7) is 1.78. The van der Waals surface area contributed by atoms with Crippen LogP contribution in [0.15, 0.2) is 47.5 Å². The molecule has 2 aliphatic heterocycles. The molecule has 0 radical (unpaired) electrons. The van der Waals surface area contributed by atoms with Gasteiger partial charge in [0.25, 0.3) is 5.91 Å². The number of carbonyl (C=O) groups is 1. The Labute approximate surface area is 162 Å². The summed E-state index contributed by atoms with van der Waals surface area (Å²) in [4.78, 5) is 16.7. The molecule has 6 nitrogen and oxygen atoms in total. The number of amidine groups is 1. The molecule has 7 heteroatoms. The molecule has 0 aromatic heterocycles. The van der Waals surface area contributed by atoms with Gasteiger partial charge < -0.3 is 21.1 Å². The minimum Gasteiger partial charge on any atom is -0.381 e. The fraction of sp³-hybridized carbons (Fsp3) is 0.300. The average molecular weight is 385 g/mol. The van der Waals surface area contributed by atoms with Gasteiger partial charge in [-0.05, 0) is 29.8 Å². The second-order valence-electron chi connectivity index (χ2n) is 6.83. The molecule has 0 saturated carbocycles. The molecule has 1 amide bonds. The van der Waals surface area contributed by atoms with Crippen LogP contribution in [-0.4, -0.2) is 30.5 Å². The minimum atomic E-state index is -0.474. The van der Waals surface area contributed by atoms with E-state index in [1.54, 1.807) is 6.07 Å². The van der Waals surface area contributed by atoms with E-state index in [1.165, 1.54) is 0 Å². The van der Waals surface area contributed by atoms with Gasteiger partial charge in [0.2, 0.25) is 0 Å². The van der Waals surface area contributed by atoms with E-state index in [2.05, 4.69) is 10.6 Å². The summed E-state index contributed by atoms with van der Waals surface area (Å²) in [5.41, 5.74) is 8.20. The highest BCUT2D eigenvalue weighted by molar-refractivity contribution is 6.30. The molecule has 4 rings (SSSR count). The average Bonchev–Trinajstić information content (AvgIpc) is 2.66. The molecule has 2 aromatic rings. The summed E-state index contributed by atoms with van der Waals surface area (Å²) in [7, 11) is 0. The number of aliphatic imine (C=N–C) groups is 1. The summed E-state index contributed by atoms with van der Waals surface area (Å²) in [5, 5.41) is 7.67. The van der Waals surface area contributed by atoms with Crippen LogP contribution < -0.4 is 16.4 Å². The van der Waals surface area contributed by atoms with Crippen molar-refractivity contribution in [3.63, 3.8) is 0 Å². The van der Waals surface area contributed by atoms with Crippen LogP contribution in [0.3, 0.4) is 0 Å². The van der Waals surface area contributed by atoms with Gasteiger partial charge in [0.1, 0.15) is 5.84 Å². The molecule has 2 aromatic carbocycles. The van der Waals surface area contributed by atoms with E-state index in [9.17, 15) is 4.79 Å². The van der Waals surface area contributed by atoms with Crippen LogP contribution in [-0.2, 0) is 11.3 Å². The SMILES string of the molecule is NC(=O)c1cccc2c1NC(=NCc1cccc(Cl)c1)C1(CCOCC1)N2. The van der Waals surface area contributed by atoms with E-state index in [0.29, 0.717) is 36.0 Å². The molecule has 27 heavy (non-hydrogen) atoms. The van der Waals surface area contributed by atoms with Crippen LogP contribution in [0.25, 0.3) is 0 Å². The summed E-state index contributed by atoms with van der Waals surface area (Å²) in [6, 6.07) is 13.1. The van der Waals surface area contributed by atoms with Crippen molar-refractivity contribution in [2.75, 3.05) is 23.8 Å². The van der Waals surface area contributed by atoms with Crippen molar-refractivity contribution in [3.05, 3.63) is 58.6 Å². The number of halogens is 1. The third-order valence-electron chi connectivity index (χ3n) is 5.06. The minimum absolute atomic E-state index is 0.347. The molecule has 1 saturated heterocycles. The molecule has 0 bridgehead atoms. The maximum Gasteiger partial charge on any atom is 0.250 e. The predicted molar refractivity (Wildman–Crippen MR) is 108 cm³/mol. The Bertz CT molecular complexity index is 907. The number of ether oxygens (including phenoxy) is 1. The van der Waals surface area contributed by atoms with Gasteiger partial charge in [-0.25, -0.2) is 0 Å². The maximum atomic E-state index is 11.8. The van der Waals surface area contributed by atoms with E-state index >= 15 is 0 Å². The van der Waals surface area contributed by atoms with Crippen LogP contribution in [0, 0.1) is 0 Å². The highest BCUT2D eigenvalue weighted by Crippen LogP contribution is 2.38. The van der Waals surface area contributed by atoms with Gasteiger partial charge >= 0.3 is 0 Å². The molecule has 0 unspecified atom stereocenters. The molecular formula is C20H21ClN4O2. The zero-order valence-electron chi connectivity index (χ0n) is 14.8. The van der Waals surface area contributed by atoms with E-state index in [1.807, 2.05) is 36.4 Å². The first-order chi connectivity index (χ1) is 13.1. The van der Waals surface area contributed by atoms with Crippen molar-refractivity contribution >= 4 is 34.7 Å². The van der Waals surface area contributed by atoms with Gasteiger partial charge in [-0.3, -0.25) is 9.79 Å². The highest BCUT2D eigenvalue weighted by Gasteiger charge is 2.42. The van der Waals surface area contributed by atoms with E-state index < -0.39 is 5.91 Å². The van der Waals surface area contributed by atoms with Gasteiger partial charge in [-0.15, -0.1) is 0 Å². The molecule has 140 valence electrons. The van der Waals surface area contributed by atoms with Gasteiger partial charge in [-0.2, -0.15) is 0 Å². The predicted octanol–water partition coefficient (Wildman–Crippen LogP) is 3.42. The standard InChI is InChI=1S/C20H21ClN4O2/c21-14-4-1-3-13(11-14)12-23-19-20(7-9-27-10-8-20)25-16-6-2-5-15(18(22)26)17(16)24-19/h1-6,11,25H,7-10,12H2,(H2,22,26)(H,23,24). The summed E-state index contributed by atoms with van der Waals surface area (Å²) in [6.07, 6.45) is 1.57. The smallest absolute Gasteiger partial charge is 0.250 e. The monoisotopic (exact) mass is 384 g/mol. The van der Waals surface area contributed by atoms with Gasteiger partial charge in [-0.1, -0.05) is 29.8 Å². The second kappa shape index (κ2) is 7.21. The number of para-hydroxylation sites is 1. The molecule has 0 aliphatic carbocycles. The zero-order valence-corrected chi connectivity index (χ0v) is 15.6. The molecule has 2 aliphatic rings. The number of nitrogens with zero attached hydrogens (tertiary/aromatic N) is 1. The number of nitrogens with two attached hydrogens (primary N) is 1. The summed E-state index contributed by atoms with van der Waals surface area (Å²) < 4.78 is 5.56. The Balaban J connectivity index is 1.73. The Morgan fingerprint density at radius 1 is 1.22 bits per heavy atom. The Morgan fingerprint density at radius 2 is 2.00 bits per heavy atom.